The molecule has 2 heterocycles. The lowest BCUT2D eigenvalue weighted by molar-refractivity contribution is -0.171. The van der Waals surface area contributed by atoms with Crippen LogP contribution in [0.3, 0.4) is 0 Å². The quantitative estimate of drug-likeness (QED) is 0.369. The number of aliphatic imine (C=N–C) groups is 1. The second kappa shape index (κ2) is 8.49. The van der Waals surface area contributed by atoms with Crippen molar-refractivity contribution in [2.45, 2.75) is 50.3 Å². The standard InChI is InChI=1S/C22H32N4O2.HI/c1-23-21(25-19-18-8-12-28-20(18)22(19)9-4-10-22)24-15-7-11-26(14-15)16-5-3-6-17(13-16)27-2;/h3,5-6,13,15,18-20H,4,7-12,14H2,1-2H3,(H2,23,24,25);1H. The molecular formula is C22H33IN4O2. The molecule has 160 valence electrons. The number of ether oxygens (including phenoxy) is 2. The molecule has 1 aromatic rings. The molecule has 4 fully saturated rings. The van der Waals surface area contributed by atoms with Crippen molar-refractivity contribution in [2.75, 3.05) is 38.8 Å². The van der Waals surface area contributed by atoms with Gasteiger partial charge in [0.2, 0.25) is 0 Å². The van der Waals surface area contributed by atoms with Gasteiger partial charge in [-0.1, -0.05) is 12.5 Å². The van der Waals surface area contributed by atoms with E-state index in [1.807, 2.05) is 13.1 Å². The van der Waals surface area contributed by atoms with Gasteiger partial charge in [0.15, 0.2) is 5.96 Å². The molecule has 2 aliphatic carbocycles. The lowest BCUT2D eigenvalue weighted by Gasteiger charge is -2.63. The fraction of sp³-hybridized carbons (Fsp3) is 0.682. The van der Waals surface area contributed by atoms with E-state index in [0.29, 0.717) is 29.5 Å². The molecule has 2 saturated heterocycles. The third-order valence-electron chi connectivity index (χ3n) is 7.50. The second-order valence-corrected chi connectivity index (χ2v) is 8.80. The highest BCUT2D eigenvalue weighted by atomic mass is 127. The average Bonchev–Trinajstić information content (AvgIpc) is 3.32. The van der Waals surface area contributed by atoms with Gasteiger partial charge >= 0.3 is 0 Å². The molecule has 4 aliphatic rings. The van der Waals surface area contributed by atoms with Crippen LogP contribution in [0.5, 0.6) is 5.75 Å². The van der Waals surface area contributed by atoms with Gasteiger partial charge < -0.3 is 25.0 Å². The van der Waals surface area contributed by atoms with Crippen LogP contribution in [0, 0.1) is 11.3 Å². The molecule has 7 heteroatoms. The van der Waals surface area contributed by atoms with Gasteiger partial charge in [-0.2, -0.15) is 0 Å². The van der Waals surface area contributed by atoms with Crippen molar-refractivity contribution in [2.24, 2.45) is 16.3 Å². The van der Waals surface area contributed by atoms with Crippen molar-refractivity contribution in [3.05, 3.63) is 24.3 Å². The maximum absolute atomic E-state index is 6.05. The van der Waals surface area contributed by atoms with E-state index in [4.69, 9.17) is 9.47 Å². The number of hydrogen-bond acceptors (Lipinski definition) is 4. The summed E-state index contributed by atoms with van der Waals surface area (Å²) in [4.78, 5) is 6.97. The molecule has 1 aromatic carbocycles. The molecule has 2 saturated carbocycles. The van der Waals surface area contributed by atoms with Gasteiger partial charge in [-0.25, -0.2) is 0 Å². The monoisotopic (exact) mass is 512 g/mol. The van der Waals surface area contributed by atoms with Crippen molar-refractivity contribution in [3.8, 4) is 5.75 Å². The summed E-state index contributed by atoms with van der Waals surface area (Å²) in [6, 6.07) is 9.26. The number of guanidine groups is 1. The molecule has 2 N–H and O–H groups in total. The van der Waals surface area contributed by atoms with Crippen LogP contribution in [0.1, 0.15) is 32.1 Å². The highest BCUT2D eigenvalue weighted by Crippen LogP contribution is 2.62. The number of nitrogens with one attached hydrogen (secondary N) is 2. The molecule has 2 aliphatic heterocycles. The Hall–Kier alpha value is -1.22. The first-order valence-electron chi connectivity index (χ1n) is 10.7. The van der Waals surface area contributed by atoms with E-state index >= 15 is 0 Å². The van der Waals surface area contributed by atoms with E-state index < -0.39 is 0 Å². The summed E-state index contributed by atoms with van der Waals surface area (Å²) in [6.45, 7) is 2.96. The van der Waals surface area contributed by atoms with Crippen molar-refractivity contribution >= 4 is 35.6 Å². The Bertz CT molecular complexity index is 754. The second-order valence-electron chi connectivity index (χ2n) is 8.80. The van der Waals surface area contributed by atoms with E-state index in [0.717, 1.165) is 37.8 Å². The molecule has 1 spiro atoms. The molecule has 29 heavy (non-hydrogen) atoms. The van der Waals surface area contributed by atoms with E-state index in [2.05, 4.69) is 38.7 Å². The minimum Gasteiger partial charge on any atom is -0.497 e. The first-order valence-corrected chi connectivity index (χ1v) is 10.7. The lowest BCUT2D eigenvalue weighted by atomic mass is 9.46. The van der Waals surface area contributed by atoms with Crippen LogP contribution in [-0.4, -0.2) is 58.0 Å². The summed E-state index contributed by atoms with van der Waals surface area (Å²) in [5, 5.41) is 7.47. The van der Waals surface area contributed by atoms with E-state index in [1.54, 1.807) is 7.11 Å². The number of methoxy groups -OCH3 is 1. The Morgan fingerprint density at radius 1 is 1.28 bits per heavy atom. The normalized spacial score (nSPS) is 32.1. The van der Waals surface area contributed by atoms with Gasteiger partial charge in [-0.15, -0.1) is 24.0 Å². The van der Waals surface area contributed by atoms with Crippen molar-refractivity contribution in [3.63, 3.8) is 0 Å². The molecule has 0 amide bonds. The number of anilines is 1. The van der Waals surface area contributed by atoms with Gasteiger partial charge in [-0.05, 0) is 37.8 Å². The summed E-state index contributed by atoms with van der Waals surface area (Å²) in [5.74, 6) is 2.53. The Kier molecular flexibility index (Phi) is 6.16. The smallest absolute Gasteiger partial charge is 0.191 e. The SMILES string of the molecule is CN=C(NC1CCN(c2cccc(OC)c2)C1)NC1C2CCOC2C12CCC2.I. The highest BCUT2D eigenvalue weighted by molar-refractivity contribution is 14.0. The summed E-state index contributed by atoms with van der Waals surface area (Å²) in [7, 11) is 3.61. The van der Waals surface area contributed by atoms with Crippen molar-refractivity contribution < 1.29 is 9.47 Å². The van der Waals surface area contributed by atoms with Crippen LogP contribution in [-0.2, 0) is 4.74 Å². The molecule has 5 rings (SSSR count). The van der Waals surface area contributed by atoms with Crippen LogP contribution < -0.4 is 20.3 Å². The van der Waals surface area contributed by atoms with Crippen molar-refractivity contribution in [1.29, 1.82) is 0 Å². The molecule has 0 aromatic heterocycles. The summed E-state index contributed by atoms with van der Waals surface area (Å²) >= 11 is 0. The van der Waals surface area contributed by atoms with Gasteiger partial charge in [0.25, 0.3) is 0 Å². The van der Waals surface area contributed by atoms with Gasteiger partial charge in [0, 0.05) is 61.9 Å². The predicted octanol–water partition coefficient (Wildman–Crippen LogP) is 3.01. The predicted molar refractivity (Wildman–Crippen MR) is 127 cm³/mol. The number of hydrogen-bond donors (Lipinski definition) is 2. The van der Waals surface area contributed by atoms with Gasteiger partial charge in [-0.3, -0.25) is 4.99 Å². The Labute approximate surface area is 190 Å². The number of rotatable bonds is 4. The van der Waals surface area contributed by atoms with E-state index in [1.165, 1.54) is 31.4 Å². The highest BCUT2D eigenvalue weighted by Gasteiger charge is 2.66. The maximum atomic E-state index is 6.05. The van der Waals surface area contributed by atoms with Crippen LogP contribution >= 0.6 is 24.0 Å². The molecule has 0 bridgehead atoms. The summed E-state index contributed by atoms with van der Waals surface area (Å²) < 4.78 is 11.4. The Balaban J connectivity index is 0.00000205. The largest absolute Gasteiger partial charge is 0.497 e. The zero-order valence-electron chi connectivity index (χ0n) is 17.4. The summed E-state index contributed by atoms with van der Waals surface area (Å²) in [6.07, 6.45) is 6.74. The molecular weight excluding hydrogens is 479 g/mol. The Morgan fingerprint density at radius 2 is 2.14 bits per heavy atom. The third-order valence-corrected chi connectivity index (χ3v) is 7.50. The molecule has 4 unspecified atom stereocenters. The third kappa shape index (κ3) is 3.58. The molecule has 0 radical (unpaired) electrons. The Morgan fingerprint density at radius 3 is 2.86 bits per heavy atom. The van der Waals surface area contributed by atoms with E-state index in [-0.39, 0.29) is 24.0 Å². The molecule has 6 nitrogen and oxygen atoms in total. The minimum atomic E-state index is 0. The number of nitrogens with zero attached hydrogens (tertiary/aromatic N) is 2. The van der Waals surface area contributed by atoms with Gasteiger partial charge in [0.1, 0.15) is 5.75 Å². The topological polar surface area (TPSA) is 58.1 Å². The maximum Gasteiger partial charge on any atom is 0.191 e. The van der Waals surface area contributed by atoms with E-state index in [9.17, 15) is 0 Å². The summed E-state index contributed by atoms with van der Waals surface area (Å²) in [5.41, 5.74) is 1.60. The zero-order chi connectivity index (χ0) is 19.1. The first kappa shape index (κ1) is 21.0. The van der Waals surface area contributed by atoms with Crippen LogP contribution in [0.2, 0.25) is 0 Å². The van der Waals surface area contributed by atoms with Crippen LogP contribution in [0.25, 0.3) is 0 Å². The van der Waals surface area contributed by atoms with Crippen LogP contribution in [0.15, 0.2) is 29.3 Å². The minimum absolute atomic E-state index is 0. The van der Waals surface area contributed by atoms with Crippen molar-refractivity contribution in [1.82, 2.24) is 10.6 Å². The average molecular weight is 512 g/mol. The first-order chi connectivity index (χ1) is 13.7. The zero-order valence-corrected chi connectivity index (χ0v) is 19.7. The number of halogens is 1. The molecule has 4 atom stereocenters. The van der Waals surface area contributed by atoms with Crippen LogP contribution in [0.4, 0.5) is 5.69 Å². The lowest BCUT2D eigenvalue weighted by Crippen LogP contribution is -2.72. The number of benzene rings is 1. The fourth-order valence-electron chi connectivity index (χ4n) is 5.89. The number of fused-ring (bicyclic) bond motifs is 2. The van der Waals surface area contributed by atoms with Gasteiger partial charge in [0.05, 0.1) is 13.2 Å². The fourth-order valence-corrected chi connectivity index (χ4v) is 5.89.